The molecular weight excluding hydrogens is 216 g/mol. The Kier molecular flexibility index (Phi) is 3.69. The normalized spacial score (nSPS) is 20.9. The molecule has 0 aromatic heterocycles. The maximum Gasteiger partial charge on any atom is 0.119 e. The summed E-state index contributed by atoms with van der Waals surface area (Å²) >= 11 is 0. The third kappa shape index (κ3) is 2.61. The first-order valence-corrected chi connectivity index (χ1v) is 6.09. The van der Waals surface area contributed by atoms with Crippen LogP contribution >= 0.6 is 0 Å². The molecule has 1 atom stereocenters. The Bertz CT molecular complexity index is 367. The third-order valence-electron chi connectivity index (χ3n) is 3.67. The summed E-state index contributed by atoms with van der Waals surface area (Å²) in [5, 5.41) is 10.7. The van der Waals surface area contributed by atoms with Gasteiger partial charge in [0.2, 0.25) is 0 Å². The minimum atomic E-state index is -0.807. The maximum atomic E-state index is 10.7. The molecule has 1 heterocycles. The van der Waals surface area contributed by atoms with Crippen LogP contribution in [0.1, 0.15) is 25.3 Å². The van der Waals surface area contributed by atoms with E-state index in [9.17, 15) is 5.11 Å². The highest BCUT2D eigenvalue weighted by Crippen LogP contribution is 2.36. The van der Waals surface area contributed by atoms with Gasteiger partial charge in [0.15, 0.2) is 0 Å². The Hall–Kier alpha value is -1.06. The molecule has 1 N–H and O–H groups in total. The van der Waals surface area contributed by atoms with E-state index in [0.29, 0.717) is 0 Å². The van der Waals surface area contributed by atoms with Crippen molar-refractivity contribution in [1.29, 1.82) is 0 Å². The second kappa shape index (κ2) is 5.07. The second-order valence-corrected chi connectivity index (χ2v) is 4.77. The fourth-order valence-corrected chi connectivity index (χ4v) is 2.43. The van der Waals surface area contributed by atoms with Gasteiger partial charge in [-0.05, 0) is 43.4 Å². The topological polar surface area (TPSA) is 38.7 Å². The van der Waals surface area contributed by atoms with Crippen LogP contribution < -0.4 is 4.74 Å². The molecule has 1 aliphatic heterocycles. The Balaban J connectivity index is 2.22. The van der Waals surface area contributed by atoms with Crippen molar-refractivity contribution < 1.29 is 14.6 Å². The summed E-state index contributed by atoms with van der Waals surface area (Å²) in [6, 6.07) is 7.68. The number of aliphatic hydroxyl groups is 1. The first-order chi connectivity index (χ1) is 8.14. The molecule has 1 aromatic carbocycles. The Morgan fingerprint density at radius 1 is 1.35 bits per heavy atom. The van der Waals surface area contributed by atoms with Gasteiger partial charge < -0.3 is 14.6 Å². The number of hydrogen-bond acceptors (Lipinski definition) is 3. The van der Waals surface area contributed by atoms with Crippen LogP contribution in [-0.4, -0.2) is 25.4 Å². The molecule has 0 aliphatic carbocycles. The molecule has 1 unspecified atom stereocenters. The Morgan fingerprint density at radius 3 is 2.71 bits per heavy atom. The van der Waals surface area contributed by atoms with Gasteiger partial charge in [-0.15, -0.1) is 0 Å². The maximum absolute atomic E-state index is 10.7. The molecule has 3 nitrogen and oxygen atoms in total. The minimum absolute atomic E-state index is 0.253. The highest BCUT2D eigenvalue weighted by molar-refractivity contribution is 5.32. The van der Waals surface area contributed by atoms with Crippen molar-refractivity contribution in [1.82, 2.24) is 0 Å². The first kappa shape index (κ1) is 12.4. The molecule has 3 heteroatoms. The van der Waals surface area contributed by atoms with Crippen LogP contribution in [0.15, 0.2) is 24.3 Å². The Morgan fingerprint density at radius 2 is 2.06 bits per heavy atom. The predicted octanol–water partition coefficient (Wildman–Crippen LogP) is 2.33. The van der Waals surface area contributed by atoms with Gasteiger partial charge >= 0.3 is 0 Å². The fourth-order valence-electron chi connectivity index (χ4n) is 2.43. The lowest BCUT2D eigenvalue weighted by Gasteiger charge is -2.36. The summed E-state index contributed by atoms with van der Waals surface area (Å²) in [6.45, 7) is 3.37. The fraction of sp³-hybridized carbons (Fsp3) is 0.571. The van der Waals surface area contributed by atoms with E-state index in [1.165, 1.54) is 0 Å². The van der Waals surface area contributed by atoms with Crippen molar-refractivity contribution in [3.8, 4) is 5.75 Å². The molecule has 1 aromatic rings. The van der Waals surface area contributed by atoms with Crippen molar-refractivity contribution in [3.63, 3.8) is 0 Å². The van der Waals surface area contributed by atoms with E-state index in [2.05, 4.69) is 0 Å². The highest BCUT2D eigenvalue weighted by Gasteiger charge is 2.34. The van der Waals surface area contributed by atoms with Gasteiger partial charge in [-0.25, -0.2) is 0 Å². The van der Waals surface area contributed by atoms with Gasteiger partial charge in [0.1, 0.15) is 5.75 Å². The molecule has 0 saturated carbocycles. The van der Waals surface area contributed by atoms with Gasteiger partial charge in [0, 0.05) is 13.2 Å². The van der Waals surface area contributed by atoms with Crippen LogP contribution in [0.4, 0.5) is 0 Å². The van der Waals surface area contributed by atoms with Crippen LogP contribution in [0.5, 0.6) is 5.75 Å². The average molecular weight is 236 g/mol. The van der Waals surface area contributed by atoms with Crippen LogP contribution in [0.25, 0.3) is 0 Å². The molecule has 94 valence electrons. The lowest BCUT2D eigenvalue weighted by molar-refractivity contribution is -0.0580. The van der Waals surface area contributed by atoms with E-state index >= 15 is 0 Å². The second-order valence-electron chi connectivity index (χ2n) is 4.77. The summed E-state index contributed by atoms with van der Waals surface area (Å²) in [6.07, 6.45) is 1.81. The van der Waals surface area contributed by atoms with Gasteiger partial charge in [-0.1, -0.05) is 12.1 Å². The van der Waals surface area contributed by atoms with Crippen molar-refractivity contribution >= 4 is 0 Å². The molecule has 0 radical (unpaired) electrons. The van der Waals surface area contributed by atoms with E-state index in [4.69, 9.17) is 9.47 Å². The standard InChI is InChI=1S/C14H20O3/c1-14(15,11-6-8-17-9-7-11)12-4-3-5-13(10-12)16-2/h3-5,10-11,15H,6-9H2,1-2H3. The van der Waals surface area contributed by atoms with Crippen molar-refractivity contribution in [2.24, 2.45) is 5.92 Å². The van der Waals surface area contributed by atoms with Crippen LogP contribution in [0, 0.1) is 5.92 Å². The summed E-state index contributed by atoms with van der Waals surface area (Å²) in [5.41, 5.74) is 0.113. The molecule has 17 heavy (non-hydrogen) atoms. The molecular formula is C14H20O3. The zero-order chi connectivity index (χ0) is 12.3. The molecule has 0 bridgehead atoms. The zero-order valence-corrected chi connectivity index (χ0v) is 10.5. The zero-order valence-electron chi connectivity index (χ0n) is 10.5. The molecule has 0 amide bonds. The monoisotopic (exact) mass is 236 g/mol. The van der Waals surface area contributed by atoms with E-state index in [-0.39, 0.29) is 5.92 Å². The van der Waals surface area contributed by atoms with Crippen LogP contribution in [0.2, 0.25) is 0 Å². The Labute approximate surface area is 102 Å². The summed E-state index contributed by atoms with van der Waals surface area (Å²) < 4.78 is 10.5. The minimum Gasteiger partial charge on any atom is -0.497 e. The van der Waals surface area contributed by atoms with Gasteiger partial charge in [0.05, 0.1) is 12.7 Å². The summed E-state index contributed by atoms with van der Waals surface area (Å²) in [4.78, 5) is 0. The van der Waals surface area contributed by atoms with Crippen LogP contribution in [-0.2, 0) is 10.3 Å². The number of methoxy groups -OCH3 is 1. The van der Waals surface area contributed by atoms with Gasteiger partial charge in [0.25, 0.3) is 0 Å². The highest BCUT2D eigenvalue weighted by atomic mass is 16.5. The van der Waals surface area contributed by atoms with Gasteiger partial charge in [-0.2, -0.15) is 0 Å². The third-order valence-corrected chi connectivity index (χ3v) is 3.67. The number of ether oxygens (including phenoxy) is 2. The van der Waals surface area contributed by atoms with Crippen molar-refractivity contribution in [2.45, 2.75) is 25.4 Å². The molecule has 1 fully saturated rings. The van der Waals surface area contributed by atoms with E-state index < -0.39 is 5.60 Å². The molecule has 0 spiro atoms. The SMILES string of the molecule is COc1cccc(C(C)(O)C2CCOCC2)c1. The lowest BCUT2D eigenvalue weighted by Crippen LogP contribution is -2.35. The number of rotatable bonds is 3. The van der Waals surface area contributed by atoms with Crippen molar-refractivity contribution in [3.05, 3.63) is 29.8 Å². The number of benzene rings is 1. The molecule has 2 rings (SSSR count). The smallest absolute Gasteiger partial charge is 0.119 e. The van der Waals surface area contributed by atoms with Crippen molar-refractivity contribution in [2.75, 3.05) is 20.3 Å². The first-order valence-electron chi connectivity index (χ1n) is 6.09. The summed E-state index contributed by atoms with van der Waals surface area (Å²) in [5.74, 6) is 1.04. The molecule has 1 aliphatic rings. The largest absolute Gasteiger partial charge is 0.497 e. The van der Waals surface area contributed by atoms with E-state index in [1.807, 2.05) is 31.2 Å². The van der Waals surface area contributed by atoms with Gasteiger partial charge in [-0.3, -0.25) is 0 Å². The quantitative estimate of drug-likeness (QED) is 0.875. The van der Waals surface area contributed by atoms with E-state index in [0.717, 1.165) is 37.4 Å². The average Bonchev–Trinajstić information content (AvgIpc) is 2.40. The van der Waals surface area contributed by atoms with E-state index in [1.54, 1.807) is 7.11 Å². The predicted molar refractivity (Wildman–Crippen MR) is 66.1 cm³/mol. The molecule has 1 saturated heterocycles. The lowest BCUT2D eigenvalue weighted by atomic mass is 9.78. The summed E-state index contributed by atoms with van der Waals surface area (Å²) in [7, 11) is 1.64. The van der Waals surface area contributed by atoms with Crippen LogP contribution in [0.3, 0.4) is 0 Å². The number of hydrogen-bond donors (Lipinski definition) is 1.